The fourth-order valence-electron chi connectivity index (χ4n) is 3.08. The molecule has 2 aromatic rings. The first-order chi connectivity index (χ1) is 12.8. The van der Waals surface area contributed by atoms with E-state index in [1.807, 2.05) is 25.1 Å². The van der Waals surface area contributed by atoms with Gasteiger partial charge >= 0.3 is 0 Å². The molecule has 0 aliphatic carbocycles. The number of pyridine rings is 1. The number of likely N-dealkylation sites (tertiary alicyclic amines) is 1. The Morgan fingerprint density at radius 2 is 2.07 bits per heavy atom. The van der Waals surface area contributed by atoms with Crippen molar-refractivity contribution in [2.75, 3.05) is 19.3 Å². The Morgan fingerprint density at radius 3 is 2.70 bits per heavy atom. The Morgan fingerprint density at radius 1 is 1.33 bits per heavy atom. The number of nitrogens with two attached hydrogens (primary N) is 2. The molecule has 1 fully saturated rings. The highest BCUT2D eigenvalue weighted by Crippen LogP contribution is 2.39. The molecular weight excluding hydrogens is 344 g/mol. The number of allylic oxidation sites excluding steroid dienone is 2. The molecular formula is C19H22N6O2. The number of aromatic nitrogens is 3. The molecule has 0 bridgehead atoms. The van der Waals surface area contributed by atoms with E-state index in [1.54, 1.807) is 30.3 Å². The maximum atomic E-state index is 12.5. The topological polar surface area (TPSA) is 120 Å². The Kier molecular flexibility index (Phi) is 4.91. The van der Waals surface area contributed by atoms with Crippen molar-refractivity contribution in [3.63, 3.8) is 0 Å². The van der Waals surface area contributed by atoms with Crippen molar-refractivity contribution >= 4 is 17.4 Å². The lowest BCUT2D eigenvalue weighted by molar-refractivity contribution is -0.134. The first-order valence-electron chi connectivity index (χ1n) is 8.45. The van der Waals surface area contributed by atoms with Gasteiger partial charge in [0.15, 0.2) is 0 Å². The summed E-state index contributed by atoms with van der Waals surface area (Å²) < 4.78 is 0. The molecule has 2 aromatic heterocycles. The lowest BCUT2D eigenvalue weighted by Gasteiger charge is -2.23. The van der Waals surface area contributed by atoms with Gasteiger partial charge in [0.2, 0.25) is 11.9 Å². The molecule has 8 nitrogen and oxygen atoms in total. The smallest absolute Gasteiger partial charge is 0.236 e. The van der Waals surface area contributed by atoms with Gasteiger partial charge < -0.3 is 15.5 Å². The van der Waals surface area contributed by atoms with Crippen LogP contribution in [0.15, 0.2) is 48.9 Å². The van der Waals surface area contributed by atoms with E-state index < -0.39 is 5.41 Å². The van der Waals surface area contributed by atoms with Crippen molar-refractivity contribution in [3.8, 4) is 11.4 Å². The van der Waals surface area contributed by atoms with E-state index in [0.29, 0.717) is 41.4 Å². The largest absolute Gasteiger partial charge is 0.415 e. The lowest BCUT2D eigenvalue weighted by Crippen LogP contribution is -2.33. The summed E-state index contributed by atoms with van der Waals surface area (Å²) in [5.74, 6) is 5.98. The number of anilines is 1. The number of amides is 1. The number of rotatable bonds is 5. The van der Waals surface area contributed by atoms with Gasteiger partial charge in [0.25, 0.3) is 0 Å². The van der Waals surface area contributed by atoms with E-state index in [9.17, 15) is 4.79 Å². The number of nitrogens with zero attached hydrogens (tertiary/aromatic N) is 4. The van der Waals surface area contributed by atoms with Crippen LogP contribution in [0.5, 0.6) is 0 Å². The summed E-state index contributed by atoms with van der Waals surface area (Å²) in [6, 6.07) is 7.20. The predicted molar refractivity (Wildman–Crippen MR) is 102 cm³/mol. The summed E-state index contributed by atoms with van der Waals surface area (Å²) in [5, 5.41) is 0. The van der Waals surface area contributed by atoms with Gasteiger partial charge in [-0.15, -0.1) is 0 Å². The molecule has 0 unspecified atom stereocenters. The molecule has 0 saturated carbocycles. The van der Waals surface area contributed by atoms with Crippen molar-refractivity contribution in [1.29, 1.82) is 0 Å². The van der Waals surface area contributed by atoms with Crippen LogP contribution < -0.4 is 11.6 Å². The van der Waals surface area contributed by atoms with Crippen molar-refractivity contribution in [3.05, 3.63) is 54.6 Å². The standard InChI is InChI=1S/C19H22N6O2/c1-12(11-16(27-21)19(2)8-10-25(3)17(19)26)13-5-4-6-14(23-13)15-7-9-22-18(20)24-15/h4-7,9,11H,1,8,10,21H2,2-3H3,(H2,20,22,24)/b16-11-/t19-/m0/s1. The number of carbonyl (C=O) groups is 1. The van der Waals surface area contributed by atoms with E-state index in [-0.39, 0.29) is 11.9 Å². The van der Waals surface area contributed by atoms with E-state index >= 15 is 0 Å². The summed E-state index contributed by atoms with van der Waals surface area (Å²) in [6.45, 7) is 6.52. The quantitative estimate of drug-likeness (QED) is 0.470. The SMILES string of the molecule is C=C(/C=C(\ON)[C@]1(C)CCN(C)C1=O)c1cccc(-c2ccnc(N)n2)n1. The van der Waals surface area contributed by atoms with Gasteiger partial charge in [-0.05, 0) is 43.2 Å². The highest BCUT2D eigenvalue weighted by molar-refractivity contribution is 5.88. The fraction of sp³-hybridized carbons (Fsp3) is 0.263. The van der Waals surface area contributed by atoms with Crippen molar-refractivity contribution in [1.82, 2.24) is 19.9 Å². The third kappa shape index (κ3) is 3.52. The molecule has 1 atom stereocenters. The Bertz CT molecular complexity index is 926. The summed E-state index contributed by atoms with van der Waals surface area (Å²) in [7, 11) is 1.76. The molecule has 0 aromatic carbocycles. The summed E-state index contributed by atoms with van der Waals surface area (Å²) in [4.78, 5) is 31.9. The van der Waals surface area contributed by atoms with Crippen LogP contribution in [0.4, 0.5) is 5.95 Å². The molecule has 3 rings (SSSR count). The molecule has 3 heterocycles. The van der Waals surface area contributed by atoms with Gasteiger partial charge in [-0.2, -0.15) is 5.90 Å². The Labute approximate surface area is 157 Å². The highest BCUT2D eigenvalue weighted by Gasteiger charge is 2.45. The van der Waals surface area contributed by atoms with Crippen LogP contribution >= 0.6 is 0 Å². The fourth-order valence-corrected chi connectivity index (χ4v) is 3.08. The molecule has 1 saturated heterocycles. The van der Waals surface area contributed by atoms with Crippen LogP contribution in [0.3, 0.4) is 0 Å². The first-order valence-corrected chi connectivity index (χ1v) is 8.45. The summed E-state index contributed by atoms with van der Waals surface area (Å²) in [6.07, 6.45) is 3.86. The molecule has 8 heteroatoms. The van der Waals surface area contributed by atoms with Gasteiger partial charge in [-0.25, -0.2) is 15.0 Å². The molecule has 1 aliphatic heterocycles. The van der Waals surface area contributed by atoms with Crippen LogP contribution in [0.25, 0.3) is 17.0 Å². The van der Waals surface area contributed by atoms with E-state index in [0.717, 1.165) is 0 Å². The zero-order chi connectivity index (χ0) is 19.6. The van der Waals surface area contributed by atoms with Crippen LogP contribution in [-0.4, -0.2) is 39.4 Å². The van der Waals surface area contributed by atoms with Crippen molar-refractivity contribution < 1.29 is 9.63 Å². The van der Waals surface area contributed by atoms with Crippen molar-refractivity contribution in [2.24, 2.45) is 11.3 Å². The van der Waals surface area contributed by atoms with Crippen LogP contribution in [0, 0.1) is 5.41 Å². The Hall–Kier alpha value is -3.26. The predicted octanol–water partition coefficient (Wildman–Crippen LogP) is 1.78. The molecule has 1 aliphatic rings. The van der Waals surface area contributed by atoms with Gasteiger partial charge in [0, 0.05) is 19.8 Å². The van der Waals surface area contributed by atoms with Gasteiger partial charge in [-0.1, -0.05) is 12.6 Å². The molecule has 140 valence electrons. The number of hydrogen-bond acceptors (Lipinski definition) is 7. The highest BCUT2D eigenvalue weighted by atomic mass is 16.6. The second-order valence-electron chi connectivity index (χ2n) is 6.67. The number of nitrogen functional groups attached to an aromatic ring is 1. The monoisotopic (exact) mass is 366 g/mol. The Balaban J connectivity index is 1.92. The summed E-state index contributed by atoms with van der Waals surface area (Å²) >= 11 is 0. The van der Waals surface area contributed by atoms with E-state index in [4.69, 9.17) is 16.5 Å². The molecule has 4 N–H and O–H groups in total. The average Bonchev–Trinajstić information content (AvgIpc) is 2.94. The van der Waals surface area contributed by atoms with Crippen LogP contribution in [0.2, 0.25) is 0 Å². The number of hydrogen-bond donors (Lipinski definition) is 2. The average molecular weight is 366 g/mol. The van der Waals surface area contributed by atoms with Gasteiger partial charge in [0.1, 0.15) is 11.2 Å². The second-order valence-corrected chi connectivity index (χ2v) is 6.67. The maximum absolute atomic E-state index is 12.5. The first kappa shape index (κ1) is 18.5. The van der Waals surface area contributed by atoms with Crippen molar-refractivity contribution in [2.45, 2.75) is 13.3 Å². The third-order valence-electron chi connectivity index (χ3n) is 4.76. The third-order valence-corrected chi connectivity index (χ3v) is 4.76. The van der Waals surface area contributed by atoms with Crippen LogP contribution in [-0.2, 0) is 9.63 Å². The van der Waals surface area contributed by atoms with Gasteiger partial charge in [-0.3, -0.25) is 4.79 Å². The molecule has 0 radical (unpaired) electrons. The minimum Gasteiger partial charge on any atom is -0.415 e. The lowest BCUT2D eigenvalue weighted by atomic mass is 9.85. The second kappa shape index (κ2) is 7.16. The minimum absolute atomic E-state index is 0.0369. The molecule has 1 amide bonds. The number of carbonyl (C=O) groups excluding carboxylic acids is 1. The molecule has 0 spiro atoms. The molecule has 27 heavy (non-hydrogen) atoms. The zero-order valence-corrected chi connectivity index (χ0v) is 15.3. The normalized spacial score (nSPS) is 20.0. The maximum Gasteiger partial charge on any atom is 0.236 e. The minimum atomic E-state index is -0.814. The zero-order valence-electron chi connectivity index (χ0n) is 15.3. The van der Waals surface area contributed by atoms with Crippen LogP contribution in [0.1, 0.15) is 19.0 Å². The summed E-state index contributed by atoms with van der Waals surface area (Å²) in [5.41, 5.74) is 7.25. The van der Waals surface area contributed by atoms with E-state index in [1.165, 1.54) is 0 Å². The van der Waals surface area contributed by atoms with Gasteiger partial charge in [0.05, 0.1) is 17.1 Å². The van der Waals surface area contributed by atoms with E-state index in [2.05, 4.69) is 21.5 Å².